The smallest absolute Gasteiger partial charge is 0.202 e. The van der Waals surface area contributed by atoms with Gasteiger partial charge in [-0.3, -0.25) is 10.2 Å². The second kappa shape index (κ2) is 7.31. The Bertz CT molecular complexity index is 984. The first-order valence-electron chi connectivity index (χ1n) is 8.16. The number of rotatable bonds is 6. The molecule has 0 atom stereocenters. The summed E-state index contributed by atoms with van der Waals surface area (Å²) in [6.45, 7) is 0.0932. The Labute approximate surface area is 151 Å². The predicted molar refractivity (Wildman–Crippen MR) is 98.6 cm³/mol. The van der Waals surface area contributed by atoms with E-state index in [0.29, 0.717) is 11.3 Å². The Morgan fingerprint density at radius 3 is 2.38 bits per heavy atom. The summed E-state index contributed by atoms with van der Waals surface area (Å²) in [5.74, 6) is 1.34. The maximum atomic E-state index is 12.6. The lowest BCUT2D eigenvalue weighted by Gasteiger charge is -2.04. The lowest BCUT2D eigenvalue weighted by atomic mass is 10.1. The molecule has 0 amide bonds. The number of nitrogens with zero attached hydrogens (tertiary/aromatic N) is 2. The number of ether oxygens (including phenoxy) is 2. The topological polar surface area (TPSA) is 69.2 Å². The van der Waals surface area contributed by atoms with Crippen LogP contribution < -0.4 is 15.1 Å². The zero-order chi connectivity index (χ0) is 18.7. The van der Waals surface area contributed by atoms with Crippen LogP contribution in [0.1, 0.15) is 10.4 Å². The summed E-state index contributed by atoms with van der Waals surface area (Å²) in [6.07, 6.45) is 1.82. The van der Waals surface area contributed by atoms with Crippen molar-refractivity contribution in [3.05, 3.63) is 65.9 Å². The van der Waals surface area contributed by atoms with Crippen LogP contribution in [0.2, 0.25) is 0 Å². The number of benzene rings is 2. The van der Waals surface area contributed by atoms with Crippen molar-refractivity contribution in [2.45, 2.75) is 6.54 Å². The van der Waals surface area contributed by atoms with Crippen molar-refractivity contribution in [2.24, 2.45) is 7.05 Å². The molecule has 26 heavy (non-hydrogen) atoms. The molecule has 0 saturated carbocycles. The van der Waals surface area contributed by atoms with Crippen molar-refractivity contribution in [3.63, 3.8) is 0 Å². The van der Waals surface area contributed by atoms with Crippen molar-refractivity contribution in [3.8, 4) is 22.8 Å². The first kappa shape index (κ1) is 17.5. The van der Waals surface area contributed by atoms with E-state index >= 15 is 0 Å². The number of aromatic nitrogens is 2. The van der Waals surface area contributed by atoms with Gasteiger partial charge in [0.25, 0.3) is 0 Å². The summed E-state index contributed by atoms with van der Waals surface area (Å²) in [7, 11) is 5.00. The third-order valence-corrected chi connectivity index (χ3v) is 4.32. The van der Waals surface area contributed by atoms with E-state index in [4.69, 9.17) is 14.9 Å². The van der Waals surface area contributed by atoms with Gasteiger partial charge in [0.15, 0.2) is 5.78 Å². The van der Waals surface area contributed by atoms with Crippen molar-refractivity contribution in [1.29, 1.82) is 5.41 Å². The lowest BCUT2D eigenvalue weighted by Crippen LogP contribution is -2.25. The molecular formula is C20H21N3O3. The highest BCUT2D eigenvalue weighted by Crippen LogP contribution is 2.21. The van der Waals surface area contributed by atoms with Crippen LogP contribution in [-0.4, -0.2) is 29.1 Å². The van der Waals surface area contributed by atoms with Gasteiger partial charge in [0, 0.05) is 18.8 Å². The number of hydrogen-bond donors (Lipinski definition) is 1. The maximum Gasteiger partial charge on any atom is 0.202 e. The number of Topliss-reactive ketones (excluding diaryl/α,β-unsaturated/α-hetero) is 1. The fourth-order valence-corrected chi connectivity index (χ4v) is 2.80. The van der Waals surface area contributed by atoms with E-state index in [1.54, 1.807) is 47.6 Å². The fourth-order valence-electron chi connectivity index (χ4n) is 2.80. The van der Waals surface area contributed by atoms with E-state index < -0.39 is 0 Å². The van der Waals surface area contributed by atoms with Gasteiger partial charge in [0.05, 0.1) is 26.5 Å². The molecule has 134 valence electrons. The summed E-state index contributed by atoms with van der Waals surface area (Å²) in [5.41, 5.74) is 2.63. The Hall–Kier alpha value is -3.28. The number of hydrogen-bond acceptors (Lipinski definition) is 4. The summed E-state index contributed by atoms with van der Waals surface area (Å²) in [5, 5.41) is 8.30. The molecule has 0 aliphatic heterocycles. The standard InChI is InChI=1S/C20H21N3O3/c1-22-18(14-7-9-16(25-2)10-8-14)12-23(20(22)21)13-19(24)15-5-4-6-17(11-15)26-3/h4-12,21H,13H2,1-3H3. The van der Waals surface area contributed by atoms with E-state index in [1.165, 1.54) is 0 Å². The van der Waals surface area contributed by atoms with Gasteiger partial charge in [-0.2, -0.15) is 0 Å². The molecule has 0 aliphatic rings. The zero-order valence-electron chi connectivity index (χ0n) is 15.0. The Balaban J connectivity index is 1.89. The number of nitrogens with one attached hydrogen (secondary N) is 1. The SMILES string of the molecule is COc1ccc(-c2cn(CC(=O)c3cccc(OC)c3)c(=N)n2C)cc1. The molecule has 2 aromatic carbocycles. The van der Waals surface area contributed by atoms with E-state index in [0.717, 1.165) is 17.0 Å². The molecule has 0 bridgehead atoms. The number of imidazole rings is 1. The van der Waals surface area contributed by atoms with Crippen LogP contribution in [0.25, 0.3) is 11.3 Å². The summed E-state index contributed by atoms with van der Waals surface area (Å²) < 4.78 is 13.7. The average Bonchev–Trinajstić information content (AvgIpc) is 2.96. The Morgan fingerprint density at radius 2 is 1.73 bits per heavy atom. The van der Waals surface area contributed by atoms with E-state index in [9.17, 15) is 4.79 Å². The molecule has 6 nitrogen and oxygen atoms in total. The maximum absolute atomic E-state index is 12.6. The molecule has 0 unspecified atom stereocenters. The number of carbonyl (C=O) groups is 1. The number of carbonyl (C=O) groups excluding carboxylic acids is 1. The molecule has 6 heteroatoms. The molecular weight excluding hydrogens is 330 g/mol. The molecule has 0 radical (unpaired) electrons. The van der Waals surface area contributed by atoms with Crippen LogP contribution in [-0.2, 0) is 13.6 Å². The molecule has 3 rings (SSSR count). The van der Waals surface area contributed by atoms with Crippen molar-refractivity contribution >= 4 is 5.78 Å². The van der Waals surface area contributed by atoms with Crippen LogP contribution in [0.4, 0.5) is 0 Å². The van der Waals surface area contributed by atoms with Gasteiger partial charge < -0.3 is 18.6 Å². The van der Waals surface area contributed by atoms with E-state index in [-0.39, 0.29) is 17.9 Å². The molecule has 3 aromatic rings. The second-order valence-electron chi connectivity index (χ2n) is 5.91. The largest absolute Gasteiger partial charge is 0.497 e. The monoisotopic (exact) mass is 351 g/mol. The van der Waals surface area contributed by atoms with Gasteiger partial charge in [-0.05, 0) is 42.0 Å². The molecule has 0 aliphatic carbocycles. The average molecular weight is 351 g/mol. The van der Waals surface area contributed by atoms with Crippen molar-refractivity contribution in [1.82, 2.24) is 9.13 Å². The van der Waals surface area contributed by atoms with Gasteiger partial charge in [0.1, 0.15) is 11.5 Å². The van der Waals surface area contributed by atoms with Gasteiger partial charge >= 0.3 is 0 Å². The number of methoxy groups -OCH3 is 2. The highest BCUT2D eigenvalue weighted by Gasteiger charge is 2.13. The van der Waals surface area contributed by atoms with Crippen LogP contribution in [0, 0.1) is 5.41 Å². The highest BCUT2D eigenvalue weighted by molar-refractivity contribution is 5.96. The third-order valence-electron chi connectivity index (χ3n) is 4.32. The summed E-state index contributed by atoms with van der Waals surface area (Å²) >= 11 is 0. The lowest BCUT2D eigenvalue weighted by molar-refractivity contribution is 0.0970. The fraction of sp³-hybridized carbons (Fsp3) is 0.200. The Kier molecular flexibility index (Phi) is 4.93. The molecule has 0 saturated heterocycles. The number of ketones is 1. The normalized spacial score (nSPS) is 10.6. The van der Waals surface area contributed by atoms with Crippen LogP contribution >= 0.6 is 0 Å². The van der Waals surface area contributed by atoms with Crippen LogP contribution in [0.3, 0.4) is 0 Å². The third kappa shape index (κ3) is 3.39. The highest BCUT2D eigenvalue weighted by atomic mass is 16.5. The molecule has 0 fully saturated rings. The van der Waals surface area contributed by atoms with Crippen LogP contribution in [0.15, 0.2) is 54.7 Å². The van der Waals surface area contributed by atoms with Gasteiger partial charge in [-0.25, -0.2) is 0 Å². The molecule has 1 heterocycles. The molecule has 1 N–H and O–H groups in total. The van der Waals surface area contributed by atoms with Gasteiger partial charge in [-0.15, -0.1) is 0 Å². The quantitative estimate of drug-likeness (QED) is 0.694. The first-order valence-corrected chi connectivity index (χ1v) is 8.16. The second-order valence-corrected chi connectivity index (χ2v) is 5.91. The minimum Gasteiger partial charge on any atom is -0.497 e. The van der Waals surface area contributed by atoms with E-state index in [2.05, 4.69) is 0 Å². The molecule has 1 aromatic heterocycles. The van der Waals surface area contributed by atoms with Gasteiger partial charge in [-0.1, -0.05) is 12.1 Å². The van der Waals surface area contributed by atoms with Crippen molar-refractivity contribution in [2.75, 3.05) is 14.2 Å². The predicted octanol–water partition coefficient (Wildman–Crippen LogP) is 2.87. The van der Waals surface area contributed by atoms with Crippen molar-refractivity contribution < 1.29 is 14.3 Å². The molecule has 0 spiro atoms. The summed E-state index contributed by atoms with van der Waals surface area (Å²) in [4.78, 5) is 12.6. The summed E-state index contributed by atoms with van der Waals surface area (Å²) in [6, 6.07) is 14.7. The minimum absolute atomic E-state index is 0.0747. The van der Waals surface area contributed by atoms with Crippen LogP contribution in [0.5, 0.6) is 11.5 Å². The minimum atomic E-state index is -0.0747. The Morgan fingerprint density at radius 1 is 1.04 bits per heavy atom. The van der Waals surface area contributed by atoms with E-state index in [1.807, 2.05) is 37.5 Å². The zero-order valence-corrected chi connectivity index (χ0v) is 15.0. The van der Waals surface area contributed by atoms with Gasteiger partial charge in [0.2, 0.25) is 5.62 Å². The first-order chi connectivity index (χ1) is 12.5.